The molecular weight excluding hydrogens is 324 g/mol. The molecule has 4 heteroatoms. The molecule has 0 radical (unpaired) electrons. The molecule has 1 N–H and O–H groups in total. The number of rotatable bonds is 4. The van der Waals surface area contributed by atoms with Crippen molar-refractivity contribution in [3.8, 4) is 0 Å². The van der Waals surface area contributed by atoms with Gasteiger partial charge in [0.05, 0.1) is 10.5 Å². The predicted molar refractivity (Wildman–Crippen MR) is 80.8 cm³/mol. The van der Waals surface area contributed by atoms with Crippen LogP contribution in [0.2, 0.25) is 0 Å². The monoisotopic (exact) mass is 339 g/mol. The smallest absolute Gasteiger partial charge is 0.142 e. The number of benzene rings is 2. The van der Waals surface area contributed by atoms with Gasteiger partial charge in [-0.25, -0.2) is 8.78 Å². The molecule has 1 nitrogen and oxygen atoms in total. The van der Waals surface area contributed by atoms with Crippen LogP contribution in [-0.4, -0.2) is 6.54 Å². The molecule has 1 unspecified atom stereocenters. The maximum Gasteiger partial charge on any atom is 0.142 e. The SMILES string of the molecule is CCNC(c1cc(C)ccc1F)c1cccc(Br)c1F. The molecule has 0 aliphatic heterocycles. The van der Waals surface area contributed by atoms with Crippen LogP contribution in [0.15, 0.2) is 40.9 Å². The highest BCUT2D eigenvalue weighted by atomic mass is 79.9. The van der Waals surface area contributed by atoms with Gasteiger partial charge in [0, 0.05) is 11.1 Å². The lowest BCUT2D eigenvalue weighted by Gasteiger charge is -2.21. The number of halogens is 3. The molecule has 1 atom stereocenters. The van der Waals surface area contributed by atoms with Crippen molar-refractivity contribution in [2.45, 2.75) is 19.9 Å². The van der Waals surface area contributed by atoms with Crippen LogP contribution in [0, 0.1) is 18.6 Å². The van der Waals surface area contributed by atoms with Crippen molar-refractivity contribution in [2.24, 2.45) is 0 Å². The second kappa shape index (κ2) is 6.46. The summed E-state index contributed by atoms with van der Waals surface area (Å²) < 4.78 is 28.8. The van der Waals surface area contributed by atoms with Gasteiger partial charge in [-0.1, -0.05) is 36.8 Å². The van der Waals surface area contributed by atoms with E-state index in [9.17, 15) is 8.78 Å². The van der Waals surface area contributed by atoms with Gasteiger partial charge in [0.25, 0.3) is 0 Å². The normalized spacial score (nSPS) is 12.4. The Morgan fingerprint density at radius 3 is 2.60 bits per heavy atom. The first-order valence-electron chi connectivity index (χ1n) is 6.48. The van der Waals surface area contributed by atoms with Crippen molar-refractivity contribution in [3.05, 3.63) is 69.2 Å². The molecule has 0 saturated heterocycles. The first-order valence-corrected chi connectivity index (χ1v) is 7.27. The van der Waals surface area contributed by atoms with Gasteiger partial charge in [0.15, 0.2) is 0 Å². The molecule has 2 rings (SSSR count). The van der Waals surface area contributed by atoms with Crippen molar-refractivity contribution < 1.29 is 8.78 Å². The van der Waals surface area contributed by atoms with Crippen LogP contribution in [0.4, 0.5) is 8.78 Å². The average Bonchev–Trinajstić information content (AvgIpc) is 2.43. The Kier molecular flexibility index (Phi) is 4.89. The quantitative estimate of drug-likeness (QED) is 0.848. The van der Waals surface area contributed by atoms with Crippen LogP contribution >= 0.6 is 15.9 Å². The Bertz CT molecular complexity index is 611. The standard InChI is InChI=1S/C16H16BrF2N/c1-3-20-16(11-5-4-6-13(17)15(11)19)12-9-10(2)7-8-14(12)18/h4-9,16,20H,3H2,1-2H3. The third-order valence-electron chi connectivity index (χ3n) is 3.16. The highest BCUT2D eigenvalue weighted by molar-refractivity contribution is 9.10. The Balaban J connectivity index is 2.56. The Morgan fingerprint density at radius 1 is 1.15 bits per heavy atom. The van der Waals surface area contributed by atoms with Crippen molar-refractivity contribution in [1.82, 2.24) is 5.32 Å². The van der Waals surface area contributed by atoms with Crippen LogP contribution in [0.5, 0.6) is 0 Å². The van der Waals surface area contributed by atoms with Crippen molar-refractivity contribution >= 4 is 15.9 Å². The molecule has 2 aromatic rings. The fourth-order valence-electron chi connectivity index (χ4n) is 2.22. The molecule has 106 valence electrons. The summed E-state index contributed by atoms with van der Waals surface area (Å²) in [6, 6.07) is 9.44. The largest absolute Gasteiger partial charge is 0.306 e. The van der Waals surface area contributed by atoms with Gasteiger partial charge < -0.3 is 5.32 Å². The summed E-state index contributed by atoms with van der Waals surface area (Å²) in [5.74, 6) is -0.694. The molecule has 0 saturated carbocycles. The lowest BCUT2D eigenvalue weighted by Crippen LogP contribution is -2.24. The van der Waals surface area contributed by atoms with Gasteiger partial charge in [-0.3, -0.25) is 0 Å². The molecule has 0 bridgehead atoms. The summed E-state index contributed by atoms with van der Waals surface area (Å²) in [7, 11) is 0. The van der Waals surface area contributed by atoms with Crippen LogP contribution in [0.3, 0.4) is 0 Å². The molecule has 0 amide bonds. The van der Waals surface area contributed by atoms with Crippen molar-refractivity contribution in [3.63, 3.8) is 0 Å². The summed E-state index contributed by atoms with van der Waals surface area (Å²) in [6.07, 6.45) is 0. The highest BCUT2D eigenvalue weighted by Gasteiger charge is 2.21. The van der Waals surface area contributed by atoms with E-state index in [1.807, 2.05) is 13.8 Å². The van der Waals surface area contributed by atoms with Crippen LogP contribution in [0.25, 0.3) is 0 Å². The Morgan fingerprint density at radius 2 is 1.90 bits per heavy atom. The topological polar surface area (TPSA) is 12.0 Å². The van der Waals surface area contributed by atoms with E-state index in [1.54, 1.807) is 30.3 Å². The summed E-state index contributed by atoms with van der Waals surface area (Å²) in [5.41, 5.74) is 1.84. The zero-order valence-electron chi connectivity index (χ0n) is 11.4. The highest BCUT2D eigenvalue weighted by Crippen LogP contribution is 2.30. The van der Waals surface area contributed by atoms with E-state index in [2.05, 4.69) is 21.2 Å². The maximum absolute atomic E-state index is 14.3. The first kappa shape index (κ1) is 15.1. The second-order valence-corrected chi connectivity index (χ2v) is 5.51. The fraction of sp³-hybridized carbons (Fsp3) is 0.250. The van der Waals surface area contributed by atoms with Gasteiger partial charge >= 0.3 is 0 Å². The molecule has 0 aromatic heterocycles. The summed E-state index contributed by atoms with van der Waals surface area (Å²) in [4.78, 5) is 0. The Hall–Kier alpha value is -1.26. The molecule has 20 heavy (non-hydrogen) atoms. The Labute approximate surface area is 126 Å². The van der Waals surface area contributed by atoms with Crippen LogP contribution in [-0.2, 0) is 0 Å². The van der Waals surface area contributed by atoms with E-state index in [0.29, 0.717) is 22.1 Å². The second-order valence-electron chi connectivity index (χ2n) is 4.66. The number of aryl methyl sites for hydroxylation is 1. The van der Waals surface area contributed by atoms with Gasteiger partial charge in [-0.15, -0.1) is 0 Å². The molecule has 0 spiro atoms. The van der Waals surface area contributed by atoms with Gasteiger partial charge in [-0.05, 0) is 41.5 Å². The minimum atomic E-state index is -0.502. The number of nitrogens with one attached hydrogen (secondary N) is 1. The van der Waals surface area contributed by atoms with Crippen molar-refractivity contribution in [1.29, 1.82) is 0 Å². The van der Waals surface area contributed by atoms with Gasteiger partial charge in [0.1, 0.15) is 11.6 Å². The zero-order chi connectivity index (χ0) is 14.7. The zero-order valence-corrected chi connectivity index (χ0v) is 13.0. The van der Waals surface area contributed by atoms with E-state index in [1.165, 1.54) is 6.07 Å². The fourth-order valence-corrected chi connectivity index (χ4v) is 2.60. The molecule has 0 heterocycles. The summed E-state index contributed by atoms with van der Waals surface area (Å²) >= 11 is 3.17. The minimum Gasteiger partial charge on any atom is -0.306 e. The number of hydrogen-bond acceptors (Lipinski definition) is 1. The predicted octanol–water partition coefficient (Wildman–Crippen LogP) is 4.73. The van der Waals surface area contributed by atoms with E-state index in [4.69, 9.17) is 0 Å². The average molecular weight is 340 g/mol. The molecular formula is C16H16BrF2N. The molecule has 0 fully saturated rings. The van der Waals surface area contributed by atoms with Gasteiger partial charge in [0.2, 0.25) is 0 Å². The lowest BCUT2D eigenvalue weighted by atomic mass is 9.96. The van der Waals surface area contributed by atoms with E-state index < -0.39 is 6.04 Å². The lowest BCUT2D eigenvalue weighted by molar-refractivity contribution is 0.528. The third-order valence-corrected chi connectivity index (χ3v) is 3.78. The van der Waals surface area contributed by atoms with Crippen molar-refractivity contribution in [2.75, 3.05) is 6.54 Å². The molecule has 0 aliphatic rings. The van der Waals surface area contributed by atoms with E-state index in [0.717, 1.165) is 5.56 Å². The van der Waals surface area contributed by atoms with E-state index >= 15 is 0 Å². The van der Waals surface area contributed by atoms with Crippen LogP contribution < -0.4 is 5.32 Å². The van der Waals surface area contributed by atoms with Gasteiger partial charge in [-0.2, -0.15) is 0 Å². The third kappa shape index (κ3) is 3.07. The number of hydrogen-bond donors (Lipinski definition) is 1. The molecule has 2 aromatic carbocycles. The molecule has 0 aliphatic carbocycles. The first-order chi connectivity index (χ1) is 9.54. The minimum absolute atomic E-state index is 0.332. The van der Waals surface area contributed by atoms with E-state index in [-0.39, 0.29) is 11.6 Å². The summed E-state index contributed by atoms with van der Waals surface area (Å²) in [5, 5.41) is 3.15. The van der Waals surface area contributed by atoms with Crippen LogP contribution in [0.1, 0.15) is 29.7 Å². The summed E-state index contributed by atoms with van der Waals surface area (Å²) in [6.45, 7) is 4.42. The maximum atomic E-state index is 14.3.